The summed E-state index contributed by atoms with van der Waals surface area (Å²) in [6.45, 7) is 8.55. The summed E-state index contributed by atoms with van der Waals surface area (Å²) in [5, 5.41) is 3.08. The monoisotopic (exact) mass is 227 g/mol. The van der Waals surface area contributed by atoms with Gasteiger partial charge in [0.05, 0.1) is 6.10 Å². The molecule has 0 aromatic heterocycles. The van der Waals surface area contributed by atoms with E-state index in [0.717, 1.165) is 12.3 Å². The molecule has 1 saturated carbocycles. The number of amides is 1. The maximum absolute atomic E-state index is 11.6. The van der Waals surface area contributed by atoms with E-state index in [1.807, 2.05) is 13.8 Å². The van der Waals surface area contributed by atoms with Crippen LogP contribution in [0.15, 0.2) is 0 Å². The SMILES string of the molecule is CCC1CCC(NC(=O)COC(C)C)C1C. The van der Waals surface area contributed by atoms with Crippen LogP contribution in [0.2, 0.25) is 0 Å². The Morgan fingerprint density at radius 1 is 1.44 bits per heavy atom. The molecule has 1 fully saturated rings. The molecule has 0 radical (unpaired) electrons. The number of carbonyl (C=O) groups excluding carboxylic acids is 1. The molecule has 0 saturated heterocycles. The third kappa shape index (κ3) is 3.78. The van der Waals surface area contributed by atoms with Crippen LogP contribution in [-0.2, 0) is 9.53 Å². The molecule has 0 bridgehead atoms. The van der Waals surface area contributed by atoms with Crippen LogP contribution >= 0.6 is 0 Å². The van der Waals surface area contributed by atoms with Crippen LogP contribution in [0.1, 0.15) is 47.0 Å². The Bertz CT molecular complexity index is 228. The summed E-state index contributed by atoms with van der Waals surface area (Å²) in [4.78, 5) is 11.6. The standard InChI is InChI=1S/C13H25NO2/c1-5-11-6-7-12(10(11)4)14-13(15)8-16-9(2)3/h9-12H,5-8H2,1-4H3,(H,14,15). The summed E-state index contributed by atoms with van der Waals surface area (Å²) >= 11 is 0. The van der Waals surface area contributed by atoms with Gasteiger partial charge < -0.3 is 10.1 Å². The van der Waals surface area contributed by atoms with E-state index in [9.17, 15) is 4.79 Å². The van der Waals surface area contributed by atoms with Crippen LogP contribution in [0.3, 0.4) is 0 Å². The predicted octanol–water partition coefficient (Wildman–Crippen LogP) is 2.35. The van der Waals surface area contributed by atoms with Crippen molar-refractivity contribution in [3.63, 3.8) is 0 Å². The van der Waals surface area contributed by atoms with Crippen molar-refractivity contribution in [3.05, 3.63) is 0 Å². The first-order chi connectivity index (χ1) is 7.54. The zero-order valence-electron chi connectivity index (χ0n) is 11.0. The highest BCUT2D eigenvalue weighted by molar-refractivity contribution is 5.77. The average Bonchev–Trinajstić information content (AvgIpc) is 2.57. The summed E-state index contributed by atoms with van der Waals surface area (Å²) in [5.41, 5.74) is 0. The third-order valence-electron chi connectivity index (χ3n) is 3.65. The Labute approximate surface area is 98.9 Å². The average molecular weight is 227 g/mol. The lowest BCUT2D eigenvalue weighted by molar-refractivity contribution is -0.128. The molecule has 1 rings (SSSR count). The number of nitrogens with one attached hydrogen (secondary N) is 1. The van der Waals surface area contributed by atoms with E-state index >= 15 is 0 Å². The molecule has 3 atom stereocenters. The van der Waals surface area contributed by atoms with Crippen molar-refractivity contribution >= 4 is 5.91 Å². The molecule has 1 N–H and O–H groups in total. The fraction of sp³-hybridized carbons (Fsp3) is 0.923. The largest absolute Gasteiger partial charge is 0.369 e. The van der Waals surface area contributed by atoms with E-state index < -0.39 is 0 Å². The quantitative estimate of drug-likeness (QED) is 0.783. The minimum atomic E-state index is 0.0299. The van der Waals surface area contributed by atoms with Crippen LogP contribution in [-0.4, -0.2) is 24.7 Å². The highest BCUT2D eigenvalue weighted by Crippen LogP contribution is 2.33. The first-order valence-corrected chi connectivity index (χ1v) is 6.45. The predicted molar refractivity (Wildman–Crippen MR) is 65.2 cm³/mol. The molecule has 0 aliphatic heterocycles. The first-order valence-electron chi connectivity index (χ1n) is 6.45. The molecule has 1 amide bonds. The number of hydrogen-bond acceptors (Lipinski definition) is 2. The smallest absolute Gasteiger partial charge is 0.246 e. The molecule has 1 aliphatic rings. The lowest BCUT2D eigenvalue weighted by Crippen LogP contribution is -2.39. The maximum Gasteiger partial charge on any atom is 0.246 e. The Balaban J connectivity index is 2.29. The first kappa shape index (κ1) is 13.5. The Hall–Kier alpha value is -0.570. The zero-order chi connectivity index (χ0) is 12.1. The molecule has 0 heterocycles. The van der Waals surface area contributed by atoms with Crippen molar-refractivity contribution in [3.8, 4) is 0 Å². The molecule has 94 valence electrons. The van der Waals surface area contributed by atoms with E-state index in [1.165, 1.54) is 12.8 Å². The highest BCUT2D eigenvalue weighted by atomic mass is 16.5. The summed E-state index contributed by atoms with van der Waals surface area (Å²) in [6.07, 6.45) is 3.70. The molecule has 0 spiro atoms. The van der Waals surface area contributed by atoms with E-state index in [2.05, 4.69) is 19.2 Å². The van der Waals surface area contributed by atoms with E-state index in [1.54, 1.807) is 0 Å². The molecule has 3 unspecified atom stereocenters. The molecular weight excluding hydrogens is 202 g/mol. The number of rotatable bonds is 5. The Kier molecular flexibility index (Phi) is 5.26. The van der Waals surface area contributed by atoms with Gasteiger partial charge in [-0.05, 0) is 38.5 Å². The minimum absolute atomic E-state index is 0.0299. The van der Waals surface area contributed by atoms with Gasteiger partial charge in [0.2, 0.25) is 5.91 Å². The van der Waals surface area contributed by atoms with Crippen molar-refractivity contribution in [2.75, 3.05) is 6.61 Å². The van der Waals surface area contributed by atoms with Crippen molar-refractivity contribution < 1.29 is 9.53 Å². The van der Waals surface area contributed by atoms with Crippen molar-refractivity contribution in [1.29, 1.82) is 0 Å². The summed E-state index contributed by atoms with van der Waals surface area (Å²) in [6, 6.07) is 0.355. The fourth-order valence-corrected chi connectivity index (χ4v) is 2.52. The van der Waals surface area contributed by atoms with Gasteiger partial charge in [0.15, 0.2) is 0 Å². The van der Waals surface area contributed by atoms with Gasteiger partial charge in [-0.2, -0.15) is 0 Å². The molecule has 3 nitrogen and oxygen atoms in total. The molecule has 16 heavy (non-hydrogen) atoms. The van der Waals surface area contributed by atoms with Crippen LogP contribution < -0.4 is 5.32 Å². The summed E-state index contributed by atoms with van der Waals surface area (Å²) in [5.74, 6) is 1.41. The fourth-order valence-electron chi connectivity index (χ4n) is 2.52. The van der Waals surface area contributed by atoms with E-state index in [0.29, 0.717) is 12.0 Å². The van der Waals surface area contributed by atoms with E-state index in [-0.39, 0.29) is 18.6 Å². The molecule has 3 heteroatoms. The molecular formula is C13H25NO2. The summed E-state index contributed by atoms with van der Waals surface area (Å²) in [7, 11) is 0. The molecule has 0 aromatic carbocycles. The van der Waals surface area contributed by atoms with Crippen LogP contribution in [0.4, 0.5) is 0 Å². The normalized spacial score (nSPS) is 29.7. The molecule has 0 aromatic rings. The third-order valence-corrected chi connectivity index (χ3v) is 3.65. The lowest BCUT2D eigenvalue weighted by atomic mass is 9.93. The highest BCUT2D eigenvalue weighted by Gasteiger charge is 2.32. The van der Waals surface area contributed by atoms with Gasteiger partial charge in [-0.1, -0.05) is 20.3 Å². The minimum Gasteiger partial charge on any atom is -0.369 e. The second kappa shape index (κ2) is 6.24. The van der Waals surface area contributed by atoms with Gasteiger partial charge in [0, 0.05) is 6.04 Å². The van der Waals surface area contributed by atoms with Gasteiger partial charge in [-0.15, -0.1) is 0 Å². The van der Waals surface area contributed by atoms with Crippen LogP contribution in [0, 0.1) is 11.8 Å². The van der Waals surface area contributed by atoms with Crippen LogP contribution in [0.5, 0.6) is 0 Å². The second-order valence-corrected chi connectivity index (χ2v) is 5.14. The van der Waals surface area contributed by atoms with Crippen molar-refractivity contribution in [2.24, 2.45) is 11.8 Å². The van der Waals surface area contributed by atoms with Crippen LogP contribution in [0.25, 0.3) is 0 Å². The lowest BCUT2D eigenvalue weighted by Gasteiger charge is -2.21. The number of ether oxygens (including phenoxy) is 1. The maximum atomic E-state index is 11.6. The topological polar surface area (TPSA) is 38.3 Å². The summed E-state index contributed by atoms with van der Waals surface area (Å²) < 4.78 is 5.29. The Morgan fingerprint density at radius 2 is 2.12 bits per heavy atom. The van der Waals surface area contributed by atoms with Crippen molar-refractivity contribution in [2.45, 2.75) is 59.1 Å². The number of hydrogen-bond donors (Lipinski definition) is 1. The number of carbonyl (C=O) groups is 1. The van der Waals surface area contributed by atoms with Gasteiger partial charge in [0.1, 0.15) is 6.61 Å². The molecule has 1 aliphatic carbocycles. The van der Waals surface area contributed by atoms with Gasteiger partial charge >= 0.3 is 0 Å². The van der Waals surface area contributed by atoms with Gasteiger partial charge in [-0.3, -0.25) is 4.79 Å². The van der Waals surface area contributed by atoms with Crippen molar-refractivity contribution in [1.82, 2.24) is 5.32 Å². The second-order valence-electron chi connectivity index (χ2n) is 5.14. The van der Waals surface area contributed by atoms with E-state index in [4.69, 9.17) is 4.74 Å². The zero-order valence-corrected chi connectivity index (χ0v) is 11.0. The Morgan fingerprint density at radius 3 is 2.62 bits per heavy atom. The van der Waals surface area contributed by atoms with Gasteiger partial charge in [-0.25, -0.2) is 0 Å². The van der Waals surface area contributed by atoms with Gasteiger partial charge in [0.25, 0.3) is 0 Å².